The van der Waals surface area contributed by atoms with E-state index in [2.05, 4.69) is 34.6 Å². The summed E-state index contributed by atoms with van der Waals surface area (Å²) in [6, 6.07) is 4.17. The molecule has 3 heteroatoms. The number of imidazole rings is 1. The van der Waals surface area contributed by atoms with Crippen LogP contribution in [0.5, 0.6) is 0 Å². The molecule has 0 fully saturated rings. The molecule has 0 spiro atoms. The lowest BCUT2D eigenvalue weighted by Gasteiger charge is -1.99. The zero-order chi connectivity index (χ0) is 9.42. The summed E-state index contributed by atoms with van der Waals surface area (Å²) in [4.78, 5) is 4.39. The van der Waals surface area contributed by atoms with Crippen LogP contribution in [-0.4, -0.2) is 9.38 Å². The Morgan fingerprint density at radius 2 is 2.15 bits per heavy atom. The number of hydrogen-bond acceptors (Lipinski definition) is 2. The Hall–Kier alpha value is -1.35. The third kappa shape index (κ3) is 1.21. The van der Waals surface area contributed by atoms with E-state index in [0.29, 0.717) is 6.54 Å². The van der Waals surface area contributed by atoms with Gasteiger partial charge in [-0.2, -0.15) is 0 Å². The van der Waals surface area contributed by atoms with Gasteiger partial charge in [-0.25, -0.2) is 4.98 Å². The molecule has 0 saturated carbocycles. The van der Waals surface area contributed by atoms with Gasteiger partial charge in [-0.15, -0.1) is 0 Å². The Morgan fingerprint density at radius 3 is 2.85 bits per heavy atom. The zero-order valence-corrected chi connectivity index (χ0v) is 7.91. The van der Waals surface area contributed by atoms with Crippen LogP contribution in [0.1, 0.15) is 17.1 Å². The van der Waals surface area contributed by atoms with Crippen molar-refractivity contribution in [2.45, 2.75) is 20.4 Å². The van der Waals surface area contributed by atoms with Crippen molar-refractivity contribution < 1.29 is 0 Å². The fourth-order valence-electron chi connectivity index (χ4n) is 1.56. The van der Waals surface area contributed by atoms with E-state index in [4.69, 9.17) is 5.73 Å². The van der Waals surface area contributed by atoms with E-state index in [0.717, 1.165) is 17.0 Å². The molecule has 2 aromatic rings. The predicted octanol–water partition coefficient (Wildman–Crippen LogP) is 1.41. The third-order valence-corrected chi connectivity index (χ3v) is 2.22. The van der Waals surface area contributed by atoms with E-state index in [-0.39, 0.29) is 0 Å². The fraction of sp³-hybridized carbons (Fsp3) is 0.300. The van der Waals surface area contributed by atoms with Gasteiger partial charge >= 0.3 is 0 Å². The maximum atomic E-state index is 5.60. The van der Waals surface area contributed by atoms with Crippen molar-refractivity contribution in [3.8, 4) is 0 Å². The molecule has 2 N–H and O–H groups in total. The second-order valence-electron chi connectivity index (χ2n) is 3.28. The molecule has 13 heavy (non-hydrogen) atoms. The van der Waals surface area contributed by atoms with Crippen LogP contribution >= 0.6 is 0 Å². The van der Waals surface area contributed by atoms with Crippen molar-refractivity contribution in [3.63, 3.8) is 0 Å². The number of fused-ring (bicyclic) bond motifs is 1. The van der Waals surface area contributed by atoms with Crippen molar-refractivity contribution in [1.82, 2.24) is 9.38 Å². The molecular formula is C10H13N3. The van der Waals surface area contributed by atoms with Gasteiger partial charge in [0.25, 0.3) is 0 Å². The van der Waals surface area contributed by atoms with Crippen molar-refractivity contribution >= 4 is 5.52 Å². The number of nitrogens with two attached hydrogens (primary N) is 1. The lowest BCUT2D eigenvalue weighted by Crippen LogP contribution is -2.02. The summed E-state index contributed by atoms with van der Waals surface area (Å²) in [5.74, 6) is 0.927. The summed E-state index contributed by atoms with van der Waals surface area (Å²) in [6.07, 6.45) is 2.07. The molecule has 2 heterocycles. The Bertz CT molecular complexity index is 443. The first-order valence-corrected chi connectivity index (χ1v) is 4.36. The highest BCUT2D eigenvalue weighted by Crippen LogP contribution is 2.13. The highest BCUT2D eigenvalue weighted by atomic mass is 15.0. The largest absolute Gasteiger partial charge is 0.324 e. The van der Waals surface area contributed by atoms with Crippen LogP contribution in [0.15, 0.2) is 18.3 Å². The predicted molar refractivity (Wildman–Crippen MR) is 52.6 cm³/mol. The van der Waals surface area contributed by atoms with Crippen molar-refractivity contribution in [3.05, 3.63) is 35.4 Å². The Morgan fingerprint density at radius 1 is 1.38 bits per heavy atom. The molecule has 2 aromatic heterocycles. The minimum atomic E-state index is 0.485. The molecule has 0 atom stereocenters. The fourth-order valence-corrected chi connectivity index (χ4v) is 1.56. The van der Waals surface area contributed by atoms with Gasteiger partial charge < -0.3 is 10.1 Å². The quantitative estimate of drug-likeness (QED) is 0.712. The smallest absolute Gasteiger partial charge is 0.127 e. The standard InChI is InChI=1S/C10H13N3/c1-7-3-4-9-8(2)12-10(5-11)13(9)6-7/h3-4,6H,5,11H2,1-2H3. The Kier molecular flexibility index (Phi) is 1.81. The van der Waals surface area contributed by atoms with Gasteiger partial charge in [0.05, 0.1) is 17.8 Å². The topological polar surface area (TPSA) is 43.3 Å². The molecule has 0 aliphatic carbocycles. The van der Waals surface area contributed by atoms with E-state index in [1.165, 1.54) is 5.56 Å². The summed E-state index contributed by atoms with van der Waals surface area (Å²) in [6.45, 7) is 4.55. The normalized spacial score (nSPS) is 11.0. The van der Waals surface area contributed by atoms with Crippen molar-refractivity contribution in [2.24, 2.45) is 5.73 Å². The van der Waals surface area contributed by atoms with Crippen LogP contribution in [0.2, 0.25) is 0 Å². The lowest BCUT2D eigenvalue weighted by molar-refractivity contribution is 0.896. The first kappa shape index (κ1) is 8.26. The minimum Gasteiger partial charge on any atom is -0.324 e. The number of pyridine rings is 1. The van der Waals surface area contributed by atoms with E-state index >= 15 is 0 Å². The van der Waals surface area contributed by atoms with Gasteiger partial charge in [-0.1, -0.05) is 6.07 Å². The van der Waals surface area contributed by atoms with Gasteiger partial charge in [0.2, 0.25) is 0 Å². The van der Waals surface area contributed by atoms with Crippen LogP contribution in [0.4, 0.5) is 0 Å². The number of rotatable bonds is 1. The van der Waals surface area contributed by atoms with Crippen LogP contribution in [0.3, 0.4) is 0 Å². The third-order valence-electron chi connectivity index (χ3n) is 2.22. The summed E-state index contributed by atoms with van der Waals surface area (Å²) < 4.78 is 2.06. The average Bonchev–Trinajstić information content (AvgIpc) is 2.42. The molecule has 2 rings (SSSR count). The lowest BCUT2D eigenvalue weighted by atomic mass is 10.3. The first-order chi connectivity index (χ1) is 6.22. The highest BCUT2D eigenvalue weighted by molar-refractivity contribution is 5.53. The van der Waals surface area contributed by atoms with Crippen molar-refractivity contribution in [2.75, 3.05) is 0 Å². The molecule has 0 bridgehead atoms. The minimum absolute atomic E-state index is 0.485. The summed E-state index contributed by atoms with van der Waals surface area (Å²) in [5.41, 5.74) is 9.00. The first-order valence-electron chi connectivity index (χ1n) is 4.36. The Labute approximate surface area is 77.2 Å². The molecule has 0 radical (unpaired) electrons. The van der Waals surface area contributed by atoms with Gasteiger partial charge in [0.1, 0.15) is 5.82 Å². The van der Waals surface area contributed by atoms with Gasteiger partial charge in [0.15, 0.2) is 0 Å². The second kappa shape index (κ2) is 2.85. The second-order valence-corrected chi connectivity index (χ2v) is 3.28. The van der Waals surface area contributed by atoms with Crippen LogP contribution in [-0.2, 0) is 6.54 Å². The van der Waals surface area contributed by atoms with Crippen LogP contribution in [0, 0.1) is 13.8 Å². The number of aryl methyl sites for hydroxylation is 2. The average molecular weight is 175 g/mol. The zero-order valence-electron chi connectivity index (χ0n) is 7.91. The van der Waals surface area contributed by atoms with E-state index in [1.54, 1.807) is 0 Å². The number of nitrogens with zero attached hydrogens (tertiary/aromatic N) is 2. The van der Waals surface area contributed by atoms with Gasteiger partial charge in [0, 0.05) is 6.20 Å². The maximum Gasteiger partial charge on any atom is 0.127 e. The van der Waals surface area contributed by atoms with Gasteiger partial charge in [-0.3, -0.25) is 0 Å². The van der Waals surface area contributed by atoms with E-state index in [9.17, 15) is 0 Å². The molecule has 0 unspecified atom stereocenters. The highest BCUT2D eigenvalue weighted by Gasteiger charge is 2.05. The summed E-state index contributed by atoms with van der Waals surface area (Å²) >= 11 is 0. The van der Waals surface area contributed by atoms with E-state index < -0.39 is 0 Å². The molecule has 0 amide bonds. The monoisotopic (exact) mass is 175 g/mol. The van der Waals surface area contributed by atoms with Gasteiger partial charge in [-0.05, 0) is 25.5 Å². The van der Waals surface area contributed by atoms with Crippen LogP contribution in [0.25, 0.3) is 5.52 Å². The number of hydrogen-bond donors (Lipinski definition) is 1. The summed E-state index contributed by atoms with van der Waals surface area (Å²) in [5, 5.41) is 0. The molecule has 0 aliphatic heterocycles. The number of aromatic nitrogens is 2. The molecule has 68 valence electrons. The summed E-state index contributed by atoms with van der Waals surface area (Å²) in [7, 11) is 0. The maximum absolute atomic E-state index is 5.60. The molecule has 0 aromatic carbocycles. The van der Waals surface area contributed by atoms with Crippen molar-refractivity contribution in [1.29, 1.82) is 0 Å². The molecular weight excluding hydrogens is 162 g/mol. The SMILES string of the molecule is Cc1ccc2c(C)nc(CN)n2c1. The van der Waals surface area contributed by atoms with E-state index in [1.807, 2.05) is 6.92 Å². The molecule has 0 aliphatic rings. The Balaban J connectivity index is 2.81. The molecule has 3 nitrogen and oxygen atoms in total. The van der Waals surface area contributed by atoms with Crippen LogP contribution < -0.4 is 5.73 Å². The molecule has 0 saturated heterocycles.